The minimum atomic E-state index is -0.228. The molecule has 0 unspecified atom stereocenters. The van der Waals surface area contributed by atoms with E-state index in [0.29, 0.717) is 13.2 Å². The van der Waals surface area contributed by atoms with Gasteiger partial charge in [0.05, 0.1) is 18.7 Å². The molecule has 1 aliphatic heterocycles. The quantitative estimate of drug-likeness (QED) is 0.799. The number of aromatic nitrogens is 1. The van der Waals surface area contributed by atoms with Crippen molar-refractivity contribution in [2.75, 3.05) is 13.2 Å². The highest BCUT2D eigenvalue weighted by Crippen LogP contribution is 2.22. The third-order valence-electron chi connectivity index (χ3n) is 3.62. The van der Waals surface area contributed by atoms with Crippen molar-refractivity contribution in [3.05, 3.63) is 41.6 Å². The van der Waals surface area contributed by atoms with Crippen LogP contribution in [0.3, 0.4) is 0 Å². The average molecular weight is 270 g/mol. The molecule has 1 amide bonds. The van der Waals surface area contributed by atoms with Crippen molar-refractivity contribution < 1.29 is 9.53 Å². The number of nitrogens with zero attached hydrogens (tertiary/aromatic N) is 2. The molecule has 2 heterocycles. The highest BCUT2D eigenvalue weighted by molar-refractivity contribution is 5.79. The number of carbonyl (C=O) groups is 1. The average Bonchev–Trinajstić information content (AvgIpc) is 2.67. The molecule has 0 atom stereocenters. The number of pyridine rings is 1. The zero-order valence-corrected chi connectivity index (χ0v) is 11.6. The third-order valence-corrected chi connectivity index (χ3v) is 3.62. The molecule has 0 saturated heterocycles. The molecule has 1 aliphatic rings. The van der Waals surface area contributed by atoms with E-state index in [0.717, 1.165) is 41.5 Å². The summed E-state index contributed by atoms with van der Waals surface area (Å²) in [5, 5.41) is 1.12. The van der Waals surface area contributed by atoms with Crippen molar-refractivity contribution in [1.29, 1.82) is 0 Å². The number of amides is 1. The van der Waals surface area contributed by atoms with Crippen LogP contribution < -0.4 is 0 Å². The van der Waals surface area contributed by atoms with E-state index in [4.69, 9.17) is 9.72 Å². The summed E-state index contributed by atoms with van der Waals surface area (Å²) in [6.45, 7) is 3.56. The topological polar surface area (TPSA) is 42.4 Å². The standard InChI is InChI=1S/C16H18N2O2/c1-2-20-16(19)18-9-5-8-15-13(11-18)10-12-6-3-4-7-14(12)17-15/h3-4,6-7,10H,2,5,8-9,11H2,1H3. The molecule has 1 aromatic heterocycles. The van der Waals surface area contributed by atoms with Gasteiger partial charge in [-0.3, -0.25) is 4.98 Å². The first-order chi connectivity index (χ1) is 9.78. The first kappa shape index (κ1) is 12.9. The van der Waals surface area contributed by atoms with Gasteiger partial charge in [0, 0.05) is 17.6 Å². The third kappa shape index (κ3) is 2.46. The molecule has 0 bridgehead atoms. The summed E-state index contributed by atoms with van der Waals surface area (Å²) in [4.78, 5) is 18.4. The molecule has 0 fully saturated rings. The summed E-state index contributed by atoms with van der Waals surface area (Å²) in [5.74, 6) is 0. The summed E-state index contributed by atoms with van der Waals surface area (Å²) in [6.07, 6.45) is 1.61. The number of hydrogen-bond acceptors (Lipinski definition) is 3. The number of carbonyl (C=O) groups excluding carboxylic acids is 1. The van der Waals surface area contributed by atoms with Crippen LogP contribution in [0.5, 0.6) is 0 Å². The van der Waals surface area contributed by atoms with Crippen molar-refractivity contribution in [3.63, 3.8) is 0 Å². The lowest BCUT2D eigenvalue weighted by atomic mass is 10.1. The minimum absolute atomic E-state index is 0.228. The normalized spacial score (nSPS) is 14.8. The number of fused-ring (bicyclic) bond motifs is 2. The number of para-hydroxylation sites is 1. The van der Waals surface area contributed by atoms with Gasteiger partial charge in [0.1, 0.15) is 0 Å². The van der Waals surface area contributed by atoms with Crippen molar-refractivity contribution in [1.82, 2.24) is 9.88 Å². The van der Waals surface area contributed by atoms with Crippen LogP contribution in [-0.4, -0.2) is 29.1 Å². The Kier molecular flexibility index (Phi) is 3.54. The second-order valence-corrected chi connectivity index (χ2v) is 5.01. The highest BCUT2D eigenvalue weighted by atomic mass is 16.6. The molecule has 104 valence electrons. The van der Waals surface area contributed by atoms with E-state index in [1.165, 1.54) is 0 Å². The van der Waals surface area contributed by atoms with Crippen molar-refractivity contribution in [2.24, 2.45) is 0 Å². The lowest BCUT2D eigenvalue weighted by Gasteiger charge is -2.19. The second-order valence-electron chi connectivity index (χ2n) is 5.01. The maximum absolute atomic E-state index is 11.9. The van der Waals surface area contributed by atoms with Crippen molar-refractivity contribution >= 4 is 17.0 Å². The van der Waals surface area contributed by atoms with E-state index in [2.05, 4.69) is 12.1 Å². The zero-order valence-electron chi connectivity index (χ0n) is 11.6. The molecule has 3 rings (SSSR count). The number of rotatable bonds is 1. The first-order valence-corrected chi connectivity index (χ1v) is 7.07. The fourth-order valence-corrected chi connectivity index (χ4v) is 2.65. The summed E-state index contributed by atoms with van der Waals surface area (Å²) in [7, 11) is 0. The van der Waals surface area contributed by atoms with Gasteiger partial charge in [-0.15, -0.1) is 0 Å². The molecule has 2 aromatic rings. The van der Waals surface area contributed by atoms with Gasteiger partial charge < -0.3 is 9.64 Å². The van der Waals surface area contributed by atoms with Crippen LogP contribution in [-0.2, 0) is 17.7 Å². The summed E-state index contributed by atoms with van der Waals surface area (Å²) in [6, 6.07) is 10.3. The maximum atomic E-state index is 11.9. The fourth-order valence-electron chi connectivity index (χ4n) is 2.65. The monoisotopic (exact) mass is 270 g/mol. The van der Waals surface area contributed by atoms with E-state index in [-0.39, 0.29) is 6.09 Å². The van der Waals surface area contributed by atoms with E-state index >= 15 is 0 Å². The molecule has 1 aromatic carbocycles. The number of hydrogen-bond donors (Lipinski definition) is 0. The maximum Gasteiger partial charge on any atom is 0.410 e. The summed E-state index contributed by atoms with van der Waals surface area (Å²) in [5.41, 5.74) is 3.26. The van der Waals surface area contributed by atoms with Gasteiger partial charge in [0.15, 0.2) is 0 Å². The minimum Gasteiger partial charge on any atom is -0.450 e. The van der Waals surface area contributed by atoms with Crippen LogP contribution in [0, 0.1) is 0 Å². The zero-order chi connectivity index (χ0) is 13.9. The smallest absolute Gasteiger partial charge is 0.410 e. The molecular formula is C16H18N2O2. The van der Waals surface area contributed by atoms with Gasteiger partial charge in [0.2, 0.25) is 0 Å². The Balaban J connectivity index is 1.95. The summed E-state index contributed by atoms with van der Waals surface area (Å²) < 4.78 is 5.11. The Bertz CT molecular complexity index is 639. The Morgan fingerprint density at radius 2 is 2.25 bits per heavy atom. The molecule has 4 heteroatoms. The van der Waals surface area contributed by atoms with Crippen LogP contribution in [0.1, 0.15) is 24.6 Å². The predicted molar refractivity (Wildman–Crippen MR) is 77.5 cm³/mol. The first-order valence-electron chi connectivity index (χ1n) is 7.07. The van der Waals surface area contributed by atoms with Gasteiger partial charge in [-0.05, 0) is 37.5 Å². The fraction of sp³-hybridized carbons (Fsp3) is 0.375. The van der Waals surface area contributed by atoms with Gasteiger partial charge in [0.25, 0.3) is 0 Å². The van der Waals surface area contributed by atoms with Crippen LogP contribution in [0.4, 0.5) is 4.79 Å². The van der Waals surface area contributed by atoms with Crippen LogP contribution in [0.25, 0.3) is 10.9 Å². The number of aryl methyl sites for hydroxylation is 1. The lowest BCUT2D eigenvalue weighted by molar-refractivity contribution is 0.105. The second kappa shape index (κ2) is 5.49. The SMILES string of the molecule is CCOC(=O)N1CCCc2nc3ccccc3cc2C1. The van der Waals surface area contributed by atoms with Gasteiger partial charge in [-0.1, -0.05) is 18.2 Å². The Labute approximate surface area is 118 Å². The van der Waals surface area contributed by atoms with Crippen LogP contribution in [0.15, 0.2) is 30.3 Å². The lowest BCUT2D eigenvalue weighted by Crippen LogP contribution is -2.31. The van der Waals surface area contributed by atoms with E-state index < -0.39 is 0 Å². The van der Waals surface area contributed by atoms with Gasteiger partial charge in [-0.25, -0.2) is 4.79 Å². The van der Waals surface area contributed by atoms with E-state index in [1.807, 2.05) is 25.1 Å². The summed E-state index contributed by atoms with van der Waals surface area (Å²) >= 11 is 0. The number of ether oxygens (including phenoxy) is 1. The van der Waals surface area contributed by atoms with Crippen LogP contribution in [0.2, 0.25) is 0 Å². The number of benzene rings is 1. The molecule has 0 N–H and O–H groups in total. The molecular weight excluding hydrogens is 252 g/mol. The molecule has 20 heavy (non-hydrogen) atoms. The molecule has 0 spiro atoms. The van der Waals surface area contributed by atoms with Gasteiger partial charge >= 0.3 is 6.09 Å². The van der Waals surface area contributed by atoms with Crippen LogP contribution >= 0.6 is 0 Å². The van der Waals surface area contributed by atoms with E-state index in [1.54, 1.807) is 4.90 Å². The Hall–Kier alpha value is -2.10. The van der Waals surface area contributed by atoms with Gasteiger partial charge in [-0.2, -0.15) is 0 Å². The largest absolute Gasteiger partial charge is 0.450 e. The molecule has 0 radical (unpaired) electrons. The van der Waals surface area contributed by atoms with E-state index in [9.17, 15) is 4.79 Å². The Morgan fingerprint density at radius 1 is 1.40 bits per heavy atom. The molecule has 4 nitrogen and oxygen atoms in total. The molecule has 0 saturated carbocycles. The molecule has 0 aliphatic carbocycles. The van der Waals surface area contributed by atoms with Crippen molar-refractivity contribution in [2.45, 2.75) is 26.3 Å². The Morgan fingerprint density at radius 3 is 3.10 bits per heavy atom. The predicted octanol–water partition coefficient (Wildman–Crippen LogP) is 3.14. The highest BCUT2D eigenvalue weighted by Gasteiger charge is 2.20. The van der Waals surface area contributed by atoms with Crippen molar-refractivity contribution in [3.8, 4) is 0 Å².